The number of nitrogens with two attached hydrogens (primary N) is 1. The van der Waals surface area contributed by atoms with Gasteiger partial charge in [-0.05, 0) is 40.5 Å². The summed E-state index contributed by atoms with van der Waals surface area (Å²) in [5, 5.41) is 7.06. The zero-order valence-corrected chi connectivity index (χ0v) is 11.7. The molecule has 1 aromatic heterocycles. The van der Waals surface area contributed by atoms with Crippen molar-refractivity contribution in [3.05, 3.63) is 28.5 Å². The average molecular weight is 326 g/mol. The van der Waals surface area contributed by atoms with Crippen molar-refractivity contribution in [2.24, 2.45) is 5.73 Å². The number of halogens is 2. The van der Waals surface area contributed by atoms with Crippen LogP contribution < -0.4 is 10.6 Å². The minimum atomic E-state index is -0.297. The largest absolute Gasteiger partial charge is 0.338 e. The molecule has 1 fully saturated rings. The van der Waals surface area contributed by atoms with E-state index in [0.717, 1.165) is 25.1 Å². The number of anilines is 1. The van der Waals surface area contributed by atoms with Gasteiger partial charge < -0.3 is 10.6 Å². The predicted octanol–water partition coefficient (Wildman–Crippen LogP) is 1.91. The molecule has 0 bridgehead atoms. The summed E-state index contributed by atoms with van der Waals surface area (Å²) in [6, 6.07) is 4.92. The molecular weight excluding hydrogens is 313 g/mol. The van der Waals surface area contributed by atoms with E-state index in [-0.39, 0.29) is 11.9 Å². The van der Waals surface area contributed by atoms with Crippen LogP contribution in [-0.4, -0.2) is 34.3 Å². The first-order valence-electron chi connectivity index (χ1n) is 6.02. The fourth-order valence-corrected chi connectivity index (χ4v) is 2.51. The molecule has 1 atom stereocenters. The van der Waals surface area contributed by atoms with Gasteiger partial charge in [-0.3, -0.25) is 5.10 Å². The van der Waals surface area contributed by atoms with E-state index in [9.17, 15) is 4.39 Å². The van der Waals surface area contributed by atoms with Crippen LogP contribution in [0.1, 0.15) is 6.42 Å². The van der Waals surface area contributed by atoms with E-state index >= 15 is 0 Å². The Labute approximate surface area is 118 Å². The normalized spacial score (nSPS) is 19.1. The van der Waals surface area contributed by atoms with Crippen LogP contribution in [0, 0.1) is 5.82 Å². The van der Waals surface area contributed by atoms with E-state index in [4.69, 9.17) is 5.73 Å². The number of nitrogens with one attached hydrogen (secondary N) is 1. The number of hydrogen-bond donors (Lipinski definition) is 2. The Morgan fingerprint density at radius 3 is 3.00 bits per heavy atom. The Hall–Kier alpha value is -1.47. The summed E-state index contributed by atoms with van der Waals surface area (Å²) in [5.41, 5.74) is 6.65. The third kappa shape index (κ3) is 2.48. The molecule has 1 aliphatic rings. The Bertz CT molecular complexity index is 600. The monoisotopic (exact) mass is 325 g/mol. The van der Waals surface area contributed by atoms with Gasteiger partial charge in [0.1, 0.15) is 5.82 Å². The molecule has 0 radical (unpaired) electrons. The second kappa shape index (κ2) is 4.90. The van der Waals surface area contributed by atoms with Crippen molar-refractivity contribution in [2.75, 3.05) is 18.0 Å². The average Bonchev–Trinajstić information content (AvgIpc) is 3.01. The molecule has 7 heteroatoms. The van der Waals surface area contributed by atoms with Crippen LogP contribution >= 0.6 is 15.9 Å². The molecule has 2 heterocycles. The van der Waals surface area contributed by atoms with Crippen LogP contribution in [0.25, 0.3) is 11.4 Å². The summed E-state index contributed by atoms with van der Waals surface area (Å²) in [6.45, 7) is 1.63. The summed E-state index contributed by atoms with van der Waals surface area (Å²) in [6.07, 6.45) is 0.950. The van der Waals surface area contributed by atoms with Crippen LogP contribution in [0.5, 0.6) is 0 Å². The van der Waals surface area contributed by atoms with Crippen LogP contribution in [-0.2, 0) is 0 Å². The van der Waals surface area contributed by atoms with E-state index in [1.54, 1.807) is 12.1 Å². The molecule has 3 N–H and O–H groups in total. The zero-order chi connectivity index (χ0) is 13.4. The first kappa shape index (κ1) is 12.6. The van der Waals surface area contributed by atoms with Crippen LogP contribution in [0.15, 0.2) is 22.7 Å². The Kier molecular flexibility index (Phi) is 3.24. The van der Waals surface area contributed by atoms with Crippen molar-refractivity contribution in [1.82, 2.24) is 15.2 Å². The summed E-state index contributed by atoms with van der Waals surface area (Å²) in [7, 11) is 0. The second-order valence-electron chi connectivity index (χ2n) is 4.61. The molecule has 5 nitrogen and oxygen atoms in total. The fraction of sp³-hybridized carbons (Fsp3) is 0.333. The van der Waals surface area contributed by atoms with E-state index in [2.05, 4.69) is 31.1 Å². The van der Waals surface area contributed by atoms with Crippen molar-refractivity contribution in [2.45, 2.75) is 12.5 Å². The maximum Gasteiger partial charge on any atom is 0.245 e. The number of benzene rings is 1. The van der Waals surface area contributed by atoms with Crippen LogP contribution in [0.3, 0.4) is 0 Å². The van der Waals surface area contributed by atoms with Crippen molar-refractivity contribution in [3.8, 4) is 11.4 Å². The molecule has 1 saturated heterocycles. The van der Waals surface area contributed by atoms with Crippen LogP contribution in [0.2, 0.25) is 0 Å². The molecule has 1 aromatic carbocycles. The van der Waals surface area contributed by atoms with Crippen molar-refractivity contribution in [1.29, 1.82) is 0 Å². The van der Waals surface area contributed by atoms with Gasteiger partial charge in [0, 0.05) is 24.7 Å². The molecule has 100 valence electrons. The molecule has 2 aromatic rings. The van der Waals surface area contributed by atoms with Crippen LogP contribution in [0.4, 0.5) is 10.3 Å². The molecule has 0 spiro atoms. The molecule has 3 rings (SSSR count). The number of H-pyrrole nitrogens is 1. The summed E-state index contributed by atoms with van der Waals surface area (Å²) in [4.78, 5) is 6.47. The number of aromatic amines is 1. The smallest absolute Gasteiger partial charge is 0.245 e. The number of nitrogens with zero attached hydrogens (tertiary/aromatic N) is 3. The Morgan fingerprint density at radius 1 is 1.47 bits per heavy atom. The summed E-state index contributed by atoms with van der Waals surface area (Å²) < 4.78 is 13.6. The quantitative estimate of drug-likeness (QED) is 0.884. The van der Waals surface area contributed by atoms with Gasteiger partial charge in [0.15, 0.2) is 5.82 Å². The third-order valence-corrected chi connectivity index (χ3v) is 3.78. The standard InChI is InChI=1S/C12H13BrFN5/c13-9-5-7(1-2-10(9)14)11-16-12(18-17-11)19-4-3-8(15)6-19/h1-2,5,8H,3-4,6,15H2,(H,16,17,18). The topological polar surface area (TPSA) is 70.8 Å². The number of hydrogen-bond acceptors (Lipinski definition) is 4. The van der Waals surface area contributed by atoms with Gasteiger partial charge in [-0.1, -0.05) is 0 Å². The van der Waals surface area contributed by atoms with Gasteiger partial charge in [0.05, 0.1) is 4.47 Å². The Morgan fingerprint density at radius 2 is 2.32 bits per heavy atom. The van der Waals surface area contributed by atoms with Gasteiger partial charge in [0.25, 0.3) is 0 Å². The lowest BCUT2D eigenvalue weighted by Crippen LogP contribution is -2.26. The fourth-order valence-electron chi connectivity index (χ4n) is 2.14. The van der Waals surface area contributed by atoms with Crippen molar-refractivity contribution in [3.63, 3.8) is 0 Å². The van der Waals surface area contributed by atoms with E-state index in [1.807, 2.05) is 4.90 Å². The van der Waals surface area contributed by atoms with Gasteiger partial charge in [-0.2, -0.15) is 4.98 Å². The molecular formula is C12H13BrFN5. The maximum absolute atomic E-state index is 13.2. The molecule has 0 aliphatic carbocycles. The molecule has 19 heavy (non-hydrogen) atoms. The molecule has 0 amide bonds. The van der Waals surface area contributed by atoms with E-state index < -0.39 is 0 Å². The highest BCUT2D eigenvalue weighted by atomic mass is 79.9. The minimum absolute atomic E-state index is 0.182. The van der Waals surface area contributed by atoms with Crippen molar-refractivity contribution >= 4 is 21.9 Å². The highest BCUT2D eigenvalue weighted by Gasteiger charge is 2.22. The van der Waals surface area contributed by atoms with Gasteiger partial charge in [-0.15, -0.1) is 5.10 Å². The predicted molar refractivity (Wildman–Crippen MR) is 74.3 cm³/mol. The van der Waals surface area contributed by atoms with E-state index in [1.165, 1.54) is 6.07 Å². The highest BCUT2D eigenvalue weighted by Crippen LogP contribution is 2.24. The van der Waals surface area contributed by atoms with Crippen molar-refractivity contribution < 1.29 is 4.39 Å². The lowest BCUT2D eigenvalue weighted by molar-refractivity contribution is 0.621. The third-order valence-electron chi connectivity index (χ3n) is 3.17. The zero-order valence-electron chi connectivity index (χ0n) is 10.1. The SMILES string of the molecule is NC1CCN(c2n[nH]c(-c3ccc(F)c(Br)c3)n2)C1. The summed E-state index contributed by atoms with van der Waals surface area (Å²) in [5.74, 6) is 0.966. The first-order valence-corrected chi connectivity index (χ1v) is 6.81. The second-order valence-corrected chi connectivity index (χ2v) is 5.46. The molecule has 0 saturated carbocycles. The molecule has 1 aliphatic heterocycles. The minimum Gasteiger partial charge on any atom is -0.338 e. The summed E-state index contributed by atoms with van der Waals surface area (Å²) >= 11 is 3.16. The van der Waals surface area contributed by atoms with Gasteiger partial charge in [-0.25, -0.2) is 4.39 Å². The first-order chi connectivity index (χ1) is 9.13. The number of rotatable bonds is 2. The lowest BCUT2D eigenvalue weighted by atomic mass is 10.2. The Balaban J connectivity index is 1.86. The maximum atomic E-state index is 13.2. The molecule has 1 unspecified atom stereocenters. The van der Waals surface area contributed by atoms with Gasteiger partial charge >= 0.3 is 0 Å². The van der Waals surface area contributed by atoms with E-state index in [0.29, 0.717) is 16.2 Å². The van der Waals surface area contributed by atoms with Gasteiger partial charge in [0.2, 0.25) is 5.95 Å². The lowest BCUT2D eigenvalue weighted by Gasteiger charge is -2.11. The highest BCUT2D eigenvalue weighted by molar-refractivity contribution is 9.10. The number of aromatic nitrogens is 3.